The number of nitrogens with zero attached hydrogens (tertiary/aromatic N) is 1. The van der Waals surface area contributed by atoms with Gasteiger partial charge in [-0.2, -0.15) is 0 Å². The summed E-state index contributed by atoms with van der Waals surface area (Å²) in [5, 5.41) is 5.59. The number of para-hydroxylation sites is 1. The second kappa shape index (κ2) is 7.63. The van der Waals surface area contributed by atoms with Gasteiger partial charge in [-0.1, -0.05) is 18.2 Å². The molecule has 0 spiro atoms. The van der Waals surface area contributed by atoms with Crippen LogP contribution in [-0.4, -0.2) is 45.2 Å². The van der Waals surface area contributed by atoms with E-state index in [0.717, 1.165) is 11.3 Å². The molecule has 1 atom stereocenters. The van der Waals surface area contributed by atoms with Crippen LogP contribution in [0.5, 0.6) is 5.75 Å². The van der Waals surface area contributed by atoms with Crippen molar-refractivity contribution in [3.8, 4) is 5.75 Å². The fraction of sp³-hybridized carbons (Fsp3) is 0.500. The molecule has 0 radical (unpaired) electrons. The van der Waals surface area contributed by atoms with E-state index in [0.29, 0.717) is 13.1 Å². The number of hydrogen-bond donors (Lipinski definition) is 2. The van der Waals surface area contributed by atoms with Gasteiger partial charge < -0.3 is 20.3 Å². The minimum Gasteiger partial charge on any atom is -0.496 e. The second-order valence-electron chi connectivity index (χ2n) is 4.46. The van der Waals surface area contributed by atoms with Crippen LogP contribution in [0.2, 0.25) is 0 Å². The van der Waals surface area contributed by atoms with Crippen molar-refractivity contribution in [2.75, 3.05) is 34.3 Å². The number of likely N-dealkylation sites (N-methyl/N-ethyl adjacent to an activating group) is 1. The van der Waals surface area contributed by atoms with Crippen molar-refractivity contribution in [1.82, 2.24) is 15.5 Å². The van der Waals surface area contributed by atoms with E-state index >= 15 is 0 Å². The maximum absolute atomic E-state index is 11.5. The first kappa shape index (κ1) is 15.3. The molecule has 1 aromatic carbocycles. The highest BCUT2D eigenvalue weighted by Crippen LogP contribution is 2.27. The molecule has 2 N–H and O–H groups in total. The molecule has 5 nitrogen and oxygen atoms in total. The molecule has 5 heteroatoms. The summed E-state index contributed by atoms with van der Waals surface area (Å²) < 4.78 is 5.38. The van der Waals surface area contributed by atoms with Gasteiger partial charge >= 0.3 is 6.03 Å². The van der Waals surface area contributed by atoms with E-state index in [2.05, 4.69) is 15.5 Å². The molecule has 106 valence electrons. The zero-order valence-electron chi connectivity index (χ0n) is 12.1. The van der Waals surface area contributed by atoms with E-state index in [1.807, 2.05) is 45.3 Å². The van der Waals surface area contributed by atoms with Gasteiger partial charge in [0.1, 0.15) is 5.75 Å². The number of carbonyl (C=O) groups is 1. The molecule has 0 aliphatic rings. The Bertz CT molecular complexity index is 407. The summed E-state index contributed by atoms with van der Waals surface area (Å²) >= 11 is 0. The lowest BCUT2D eigenvalue weighted by Crippen LogP contribution is -2.40. The smallest absolute Gasteiger partial charge is 0.314 e. The van der Waals surface area contributed by atoms with Gasteiger partial charge in [-0.25, -0.2) is 4.79 Å². The first-order valence-corrected chi connectivity index (χ1v) is 6.41. The Labute approximate surface area is 114 Å². The number of nitrogens with one attached hydrogen (secondary N) is 2. The first-order chi connectivity index (χ1) is 9.10. The van der Waals surface area contributed by atoms with Gasteiger partial charge in [-0.15, -0.1) is 0 Å². The van der Waals surface area contributed by atoms with Crippen LogP contribution in [0.3, 0.4) is 0 Å². The van der Waals surface area contributed by atoms with Crippen molar-refractivity contribution in [1.29, 1.82) is 0 Å². The Morgan fingerprint density at radius 2 is 2.00 bits per heavy atom. The van der Waals surface area contributed by atoms with Crippen LogP contribution >= 0.6 is 0 Å². The molecule has 0 bridgehead atoms. The predicted octanol–water partition coefficient (Wildman–Crippen LogP) is 1.62. The number of hydrogen-bond acceptors (Lipinski definition) is 3. The molecule has 0 fully saturated rings. The highest BCUT2D eigenvalue weighted by molar-refractivity contribution is 5.73. The number of amides is 2. The van der Waals surface area contributed by atoms with Crippen molar-refractivity contribution in [2.45, 2.75) is 13.0 Å². The molecule has 19 heavy (non-hydrogen) atoms. The molecular weight excluding hydrogens is 242 g/mol. The van der Waals surface area contributed by atoms with E-state index in [9.17, 15) is 4.79 Å². The minimum atomic E-state index is -0.149. The summed E-state index contributed by atoms with van der Waals surface area (Å²) in [7, 11) is 5.62. The molecule has 1 unspecified atom stereocenters. The zero-order valence-corrected chi connectivity index (χ0v) is 12.1. The third-order valence-electron chi connectivity index (χ3n) is 2.91. The van der Waals surface area contributed by atoms with Crippen molar-refractivity contribution < 1.29 is 9.53 Å². The molecular formula is C14H23N3O2. The molecule has 0 saturated heterocycles. The predicted molar refractivity (Wildman–Crippen MR) is 76.5 cm³/mol. The van der Waals surface area contributed by atoms with Crippen LogP contribution in [0.15, 0.2) is 24.3 Å². The summed E-state index contributed by atoms with van der Waals surface area (Å²) in [5.74, 6) is 0.832. The highest BCUT2D eigenvalue weighted by Gasteiger charge is 2.18. The van der Waals surface area contributed by atoms with Crippen molar-refractivity contribution in [3.63, 3.8) is 0 Å². The normalized spacial score (nSPS) is 12.1. The Balaban J connectivity index is 2.80. The van der Waals surface area contributed by atoms with Gasteiger partial charge in [-0.3, -0.25) is 0 Å². The van der Waals surface area contributed by atoms with Crippen LogP contribution in [0.4, 0.5) is 4.79 Å². The maximum atomic E-state index is 11.5. The van der Waals surface area contributed by atoms with Gasteiger partial charge in [0.2, 0.25) is 0 Å². The topological polar surface area (TPSA) is 53.6 Å². The highest BCUT2D eigenvalue weighted by atomic mass is 16.5. The SMILES string of the molecule is CCNC(=O)NCC(c1ccccc1OC)N(C)C. The molecule has 1 aromatic rings. The molecule has 0 saturated carbocycles. The van der Waals surface area contributed by atoms with Gasteiger partial charge in [0, 0.05) is 18.7 Å². The van der Waals surface area contributed by atoms with Crippen LogP contribution < -0.4 is 15.4 Å². The second-order valence-corrected chi connectivity index (χ2v) is 4.46. The minimum absolute atomic E-state index is 0.0683. The fourth-order valence-corrected chi connectivity index (χ4v) is 1.92. The fourth-order valence-electron chi connectivity index (χ4n) is 1.92. The number of methoxy groups -OCH3 is 1. The van der Waals surface area contributed by atoms with Crippen molar-refractivity contribution >= 4 is 6.03 Å². The number of urea groups is 1. The summed E-state index contributed by atoms with van der Waals surface area (Å²) in [6.45, 7) is 3.04. The lowest BCUT2D eigenvalue weighted by molar-refractivity contribution is 0.232. The Morgan fingerprint density at radius 1 is 1.32 bits per heavy atom. The third kappa shape index (κ3) is 4.44. The number of rotatable bonds is 6. The van der Waals surface area contributed by atoms with Crippen LogP contribution in [0, 0.1) is 0 Å². The van der Waals surface area contributed by atoms with Crippen LogP contribution in [-0.2, 0) is 0 Å². The number of benzene rings is 1. The zero-order chi connectivity index (χ0) is 14.3. The van der Waals surface area contributed by atoms with Gasteiger partial charge in [0.25, 0.3) is 0 Å². The largest absolute Gasteiger partial charge is 0.496 e. The van der Waals surface area contributed by atoms with E-state index in [4.69, 9.17) is 4.74 Å². The Hall–Kier alpha value is -1.75. The van der Waals surface area contributed by atoms with Crippen molar-refractivity contribution in [3.05, 3.63) is 29.8 Å². The summed E-state index contributed by atoms with van der Waals surface area (Å²) in [4.78, 5) is 13.5. The number of ether oxygens (including phenoxy) is 1. The van der Waals surface area contributed by atoms with E-state index in [-0.39, 0.29) is 12.1 Å². The molecule has 0 aromatic heterocycles. The molecule has 2 amide bonds. The first-order valence-electron chi connectivity index (χ1n) is 6.41. The standard InChI is InChI=1S/C14H23N3O2/c1-5-15-14(18)16-10-12(17(2)3)11-8-6-7-9-13(11)19-4/h6-9,12H,5,10H2,1-4H3,(H2,15,16,18). The Kier molecular flexibility index (Phi) is 6.15. The lowest BCUT2D eigenvalue weighted by Gasteiger charge is -2.26. The quantitative estimate of drug-likeness (QED) is 0.822. The molecule has 0 aliphatic carbocycles. The van der Waals surface area contributed by atoms with E-state index in [1.54, 1.807) is 7.11 Å². The van der Waals surface area contributed by atoms with Gasteiger partial charge in [0.05, 0.1) is 13.2 Å². The summed E-state index contributed by atoms with van der Waals surface area (Å²) in [6.07, 6.45) is 0. The van der Waals surface area contributed by atoms with E-state index in [1.165, 1.54) is 0 Å². The van der Waals surface area contributed by atoms with Crippen molar-refractivity contribution in [2.24, 2.45) is 0 Å². The van der Waals surface area contributed by atoms with Crippen LogP contribution in [0.25, 0.3) is 0 Å². The summed E-state index contributed by atoms with van der Waals surface area (Å²) in [6, 6.07) is 7.77. The average molecular weight is 265 g/mol. The molecule has 1 rings (SSSR count). The average Bonchev–Trinajstić information content (AvgIpc) is 2.39. The Morgan fingerprint density at radius 3 is 2.58 bits per heavy atom. The van der Waals surface area contributed by atoms with Gasteiger partial charge in [0.15, 0.2) is 0 Å². The third-order valence-corrected chi connectivity index (χ3v) is 2.91. The van der Waals surface area contributed by atoms with Crippen LogP contribution in [0.1, 0.15) is 18.5 Å². The molecule has 0 heterocycles. The van der Waals surface area contributed by atoms with E-state index < -0.39 is 0 Å². The maximum Gasteiger partial charge on any atom is 0.314 e. The summed E-state index contributed by atoms with van der Waals surface area (Å²) in [5.41, 5.74) is 1.06. The monoisotopic (exact) mass is 265 g/mol. The van der Waals surface area contributed by atoms with Gasteiger partial charge in [-0.05, 0) is 27.1 Å². The lowest BCUT2D eigenvalue weighted by atomic mass is 10.0. The number of carbonyl (C=O) groups excluding carboxylic acids is 1. The molecule has 0 aliphatic heterocycles.